The van der Waals surface area contributed by atoms with E-state index in [9.17, 15) is 9.59 Å². The number of nitrogen functional groups attached to an aromatic ring is 1. The highest BCUT2D eigenvalue weighted by Crippen LogP contribution is 2.14. The minimum Gasteiger partial charge on any atom is -0.444 e. The third kappa shape index (κ3) is 4.87. The van der Waals surface area contributed by atoms with Gasteiger partial charge in [-0.05, 0) is 45.4 Å². The molecule has 1 heterocycles. The molecule has 2 N–H and O–H groups in total. The molecule has 1 aliphatic heterocycles. The third-order valence-corrected chi connectivity index (χ3v) is 3.57. The Kier molecular flexibility index (Phi) is 5.13. The van der Waals surface area contributed by atoms with E-state index in [1.54, 1.807) is 34.1 Å². The molecule has 0 aliphatic carbocycles. The topological polar surface area (TPSA) is 75.9 Å². The van der Waals surface area contributed by atoms with Crippen LogP contribution < -0.4 is 5.73 Å². The Balaban J connectivity index is 1.98. The molecule has 0 radical (unpaired) electrons. The summed E-state index contributed by atoms with van der Waals surface area (Å²) >= 11 is 0. The number of hydrogen-bond donors (Lipinski definition) is 1. The van der Waals surface area contributed by atoms with Crippen molar-refractivity contribution in [2.75, 3.05) is 31.9 Å². The van der Waals surface area contributed by atoms with Crippen LogP contribution in [0.25, 0.3) is 0 Å². The highest BCUT2D eigenvalue weighted by Gasteiger charge is 2.26. The molecule has 0 bridgehead atoms. The molecule has 0 saturated carbocycles. The minimum absolute atomic E-state index is 0.0525. The summed E-state index contributed by atoms with van der Waals surface area (Å²) in [5, 5.41) is 0. The zero-order chi connectivity index (χ0) is 17.0. The summed E-state index contributed by atoms with van der Waals surface area (Å²) in [4.78, 5) is 28.1. The summed E-state index contributed by atoms with van der Waals surface area (Å²) in [7, 11) is 0. The van der Waals surface area contributed by atoms with Crippen LogP contribution in [0.4, 0.5) is 10.5 Å². The number of nitrogens with zero attached hydrogens (tertiary/aromatic N) is 2. The number of hydrogen-bond acceptors (Lipinski definition) is 4. The van der Waals surface area contributed by atoms with E-state index in [4.69, 9.17) is 10.5 Å². The summed E-state index contributed by atoms with van der Waals surface area (Å²) in [5.41, 5.74) is 6.37. The zero-order valence-corrected chi connectivity index (χ0v) is 14.0. The molecule has 1 aromatic carbocycles. The SMILES string of the molecule is CC(C)(C)OC(=O)N1CCCN(C(=O)c2cccc(N)c2)CC1. The molecule has 0 atom stereocenters. The van der Waals surface area contributed by atoms with Gasteiger partial charge in [-0.15, -0.1) is 0 Å². The van der Waals surface area contributed by atoms with Crippen molar-refractivity contribution < 1.29 is 14.3 Å². The van der Waals surface area contributed by atoms with E-state index >= 15 is 0 Å². The predicted molar refractivity (Wildman–Crippen MR) is 89.2 cm³/mol. The first-order valence-corrected chi connectivity index (χ1v) is 7.89. The quantitative estimate of drug-likeness (QED) is 0.806. The Morgan fingerprint density at radius 3 is 2.39 bits per heavy atom. The fourth-order valence-electron chi connectivity index (χ4n) is 2.48. The van der Waals surface area contributed by atoms with Crippen LogP contribution in [0, 0.1) is 0 Å². The number of rotatable bonds is 1. The van der Waals surface area contributed by atoms with E-state index in [0.29, 0.717) is 37.4 Å². The number of benzene rings is 1. The van der Waals surface area contributed by atoms with E-state index in [0.717, 1.165) is 6.42 Å². The minimum atomic E-state index is -0.513. The van der Waals surface area contributed by atoms with Crippen molar-refractivity contribution in [2.24, 2.45) is 0 Å². The van der Waals surface area contributed by atoms with Crippen molar-refractivity contribution in [3.05, 3.63) is 29.8 Å². The molecule has 0 unspecified atom stereocenters. The van der Waals surface area contributed by atoms with Crippen molar-refractivity contribution in [1.82, 2.24) is 9.80 Å². The van der Waals surface area contributed by atoms with Gasteiger partial charge in [-0.3, -0.25) is 4.79 Å². The van der Waals surface area contributed by atoms with Gasteiger partial charge in [-0.1, -0.05) is 6.07 Å². The summed E-state index contributed by atoms with van der Waals surface area (Å²) in [6, 6.07) is 6.96. The largest absolute Gasteiger partial charge is 0.444 e. The second-order valence-electron chi connectivity index (χ2n) is 6.74. The smallest absolute Gasteiger partial charge is 0.410 e. The second-order valence-corrected chi connectivity index (χ2v) is 6.74. The second kappa shape index (κ2) is 6.89. The maximum absolute atomic E-state index is 12.5. The normalized spacial score (nSPS) is 16.0. The maximum Gasteiger partial charge on any atom is 0.410 e. The van der Waals surface area contributed by atoms with Gasteiger partial charge in [0.2, 0.25) is 0 Å². The highest BCUT2D eigenvalue weighted by atomic mass is 16.6. The average Bonchev–Trinajstić information content (AvgIpc) is 2.70. The molecule has 23 heavy (non-hydrogen) atoms. The fourth-order valence-corrected chi connectivity index (χ4v) is 2.48. The first-order chi connectivity index (χ1) is 10.8. The first kappa shape index (κ1) is 17.1. The molecule has 1 aromatic rings. The van der Waals surface area contributed by atoms with Gasteiger partial charge >= 0.3 is 6.09 Å². The molecule has 1 fully saturated rings. The van der Waals surface area contributed by atoms with Gasteiger partial charge < -0.3 is 20.3 Å². The number of anilines is 1. The Labute approximate surface area is 137 Å². The van der Waals surface area contributed by atoms with Gasteiger partial charge in [-0.25, -0.2) is 4.79 Å². The van der Waals surface area contributed by atoms with Crippen LogP contribution in [-0.4, -0.2) is 53.6 Å². The number of nitrogens with two attached hydrogens (primary N) is 1. The summed E-state index contributed by atoms with van der Waals surface area (Å²) < 4.78 is 5.40. The van der Waals surface area contributed by atoms with Crippen molar-refractivity contribution in [2.45, 2.75) is 32.8 Å². The van der Waals surface area contributed by atoms with Gasteiger partial charge in [-0.2, -0.15) is 0 Å². The lowest BCUT2D eigenvalue weighted by Crippen LogP contribution is -2.40. The first-order valence-electron chi connectivity index (χ1n) is 7.89. The van der Waals surface area contributed by atoms with E-state index in [2.05, 4.69) is 0 Å². The van der Waals surface area contributed by atoms with Crippen LogP contribution in [0.5, 0.6) is 0 Å². The van der Waals surface area contributed by atoms with Crippen molar-refractivity contribution in [3.8, 4) is 0 Å². The van der Waals surface area contributed by atoms with Crippen LogP contribution in [0.2, 0.25) is 0 Å². The Bertz CT molecular complexity index is 581. The van der Waals surface area contributed by atoms with Crippen LogP contribution in [0.15, 0.2) is 24.3 Å². The summed E-state index contributed by atoms with van der Waals surface area (Å²) in [5.74, 6) is -0.0525. The third-order valence-electron chi connectivity index (χ3n) is 3.57. The van der Waals surface area contributed by atoms with Crippen molar-refractivity contribution in [3.63, 3.8) is 0 Å². The monoisotopic (exact) mass is 319 g/mol. The van der Waals surface area contributed by atoms with Crippen LogP contribution in [0.3, 0.4) is 0 Å². The lowest BCUT2D eigenvalue weighted by molar-refractivity contribution is 0.0255. The molecule has 6 nitrogen and oxygen atoms in total. The van der Waals surface area contributed by atoms with Crippen LogP contribution in [-0.2, 0) is 4.74 Å². The van der Waals surface area contributed by atoms with Crippen molar-refractivity contribution >= 4 is 17.7 Å². The number of carbonyl (C=O) groups is 2. The van der Waals surface area contributed by atoms with Crippen molar-refractivity contribution in [1.29, 1.82) is 0 Å². The van der Waals surface area contributed by atoms with Gasteiger partial charge in [0.1, 0.15) is 5.60 Å². The molecule has 6 heteroatoms. The molecule has 1 saturated heterocycles. The maximum atomic E-state index is 12.5. The molecule has 0 aromatic heterocycles. The Hall–Kier alpha value is -2.24. The lowest BCUT2D eigenvalue weighted by atomic mass is 10.1. The molecule has 126 valence electrons. The molecule has 2 rings (SSSR count). The van der Waals surface area contributed by atoms with E-state index in [-0.39, 0.29) is 12.0 Å². The zero-order valence-electron chi connectivity index (χ0n) is 14.0. The van der Waals surface area contributed by atoms with E-state index in [1.807, 2.05) is 20.8 Å². The molecule has 2 amide bonds. The Morgan fingerprint density at radius 1 is 1.09 bits per heavy atom. The lowest BCUT2D eigenvalue weighted by Gasteiger charge is -2.26. The van der Waals surface area contributed by atoms with Crippen LogP contribution in [0.1, 0.15) is 37.6 Å². The number of amides is 2. The predicted octanol–water partition coefficient (Wildman–Crippen LogP) is 2.35. The average molecular weight is 319 g/mol. The summed E-state index contributed by atoms with van der Waals surface area (Å²) in [6.45, 7) is 7.72. The molecule has 1 aliphatic rings. The highest BCUT2D eigenvalue weighted by molar-refractivity contribution is 5.95. The Morgan fingerprint density at radius 2 is 1.74 bits per heavy atom. The van der Waals surface area contributed by atoms with Gasteiger partial charge in [0, 0.05) is 37.4 Å². The van der Waals surface area contributed by atoms with Gasteiger partial charge in [0.15, 0.2) is 0 Å². The van der Waals surface area contributed by atoms with Gasteiger partial charge in [0.05, 0.1) is 0 Å². The van der Waals surface area contributed by atoms with E-state index in [1.165, 1.54) is 0 Å². The molecular formula is C17H25N3O3. The number of ether oxygens (including phenoxy) is 1. The van der Waals surface area contributed by atoms with Gasteiger partial charge in [0.25, 0.3) is 5.91 Å². The molecular weight excluding hydrogens is 294 g/mol. The molecule has 0 spiro atoms. The number of carbonyl (C=O) groups excluding carboxylic acids is 2. The summed E-state index contributed by atoms with van der Waals surface area (Å²) in [6.07, 6.45) is 0.406. The van der Waals surface area contributed by atoms with Crippen LogP contribution >= 0.6 is 0 Å². The van der Waals surface area contributed by atoms with E-state index < -0.39 is 5.60 Å². The standard InChI is InChI=1S/C17H25N3O3/c1-17(2,3)23-16(22)20-9-5-8-19(10-11-20)15(21)13-6-4-7-14(18)12-13/h4,6-7,12H,5,8-11,18H2,1-3H3. The fraction of sp³-hybridized carbons (Fsp3) is 0.529.